The molecule has 1 atom stereocenters. The van der Waals surface area contributed by atoms with Crippen molar-refractivity contribution < 1.29 is 9.63 Å². The second-order valence-electron chi connectivity index (χ2n) is 4.61. The predicted octanol–water partition coefficient (Wildman–Crippen LogP) is 1.59. The van der Waals surface area contributed by atoms with Gasteiger partial charge in [-0.05, 0) is 25.5 Å². The number of nitrogens with two attached hydrogens (primary N) is 1. The predicted molar refractivity (Wildman–Crippen MR) is 73.2 cm³/mol. The Morgan fingerprint density at radius 1 is 1.32 bits per heavy atom. The van der Waals surface area contributed by atoms with Crippen LogP contribution in [0.5, 0.6) is 0 Å². The first kappa shape index (κ1) is 13.8. The highest BCUT2D eigenvalue weighted by molar-refractivity contribution is 5.76. The van der Waals surface area contributed by atoms with Gasteiger partial charge in [0, 0.05) is 13.1 Å². The van der Waals surface area contributed by atoms with Crippen LogP contribution in [0.3, 0.4) is 0 Å². The fraction of sp³-hybridized carbons (Fsp3) is 0.500. The molecule has 0 unspecified atom stereocenters. The van der Waals surface area contributed by atoms with Crippen LogP contribution < -0.4 is 5.73 Å². The number of nitrogens with zero attached hydrogens (tertiary/aromatic N) is 2. The molecule has 0 aliphatic carbocycles. The van der Waals surface area contributed by atoms with E-state index in [4.69, 9.17) is 4.84 Å². The summed E-state index contributed by atoms with van der Waals surface area (Å²) in [4.78, 5) is 19.5. The molecule has 2 N–H and O–H groups in total. The summed E-state index contributed by atoms with van der Waals surface area (Å²) < 4.78 is 0. The largest absolute Gasteiger partial charge is 0.344 e. The molecule has 1 aromatic carbocycles. The lowest BCUT2D eigenvalue weighted by atomic mass is 10.1. The number of hydrogen-bond acceptors (Lipinski definition) is 3. The molecule has 2 aliphatic rings. The van der Waals surface area contributed by atoms with Crippen molar-refractivity contribution in [2.45, 2.75) is 25.5 Å². The summed E-state index contributed by atoms with van der Waals surface area (Å²) in [5.41, 5.74) is 5.59. The van der Waals surface area contributed by atoms with Gasteiger partial charge >= 0.3 is 6.03 Å². The van der Waals surface area contributed by atoms with Crippen molar-refractivity contribution in [2.75, 3.05) is 20.1 Å². The minimum atomic E-state index is 0.0310. The standard InChI is InChI=1S/C13H16N2O2.CH5N/c16-13-14-8-4-7-12(9-14)15(13)17-10-11-5-2-1-3-6-11;1-2/h1-3,5-6,12H,4,7-10H2;2H2,1H3/t12-;/m1./s1. The number of hydroxylamine groups is 2. The van der Waals surface area contributed by atoms with E-state index < -0.39 is 0 Å². The minimum Gasteiger partial charge on any atom is -0.333 e. The third-order valence-corrected chi connectivity index (χ3v) is 3.40. The molecule has 3 rings (SSSR count). The van der Waals surface area contributed by atoms with Crippen LogP contribution in [0.25, 0.3) is 0 Å². The van der Waals surface area contributed by atoms with Crippen molar-refractivity contribution in [3.8, 4) is 0 Å². The van der Waals surface area contributed by atoms with E-state index in [0.717, 1.165) is 31.5 Å². The van der Waals surface area contributed by atoms with Gasteiger partial charge in [-0.2, -0.15) is 5.06 Å². The second kappa shape index (κ2) is 6.54. The zero-order valence-electron chi connectivity index (χ0n) is 11.3. The molecule has 2 heterocycles. The number of rotatable bonds is 3. The Labute approximate surface area is 113 Å². The molecule has 104 valence electrons. The van der Waals surface area contributed by atoms with Gasteiger partial charge < -0.3 is 10.6 Å². The minimum absolute atomic E-state index is 0.0310. The van der Waals surface area contributed by atoms with Crippen molar-refractivity contribution in [1.29, 1.82) is 0 Å². The molecule has 0 aromatic heterocycles. The second-order valence-corrected chi connectivity index (χ2v) is 4.61. The Morgan fingerprint density at radius 2 is 2.05 bits per heavy atom. The Bertz CT molecular complexity index is 410. The number of carbonyl (C=O) groups excluding carboxylic acids is 1. The molecule has 2 bridgehead atoms. The lowest BCUT2D eigenvalue weighted by molar-refractivity contribution is -0.140. The summed E-state index contributed by atoms with van der Waals surface area (Å²) in [6.07, 6.45) is 2.14. The highest BCUT2D eigenvalue weighted by Crippen LogP contribution is 2.25. The summed E-state index contributed by atoms with van der Waals surface area (Å²) >= 11 is 0. The van der Waals surface area contributed by atoms with Crippen molar-refractivity contribution in [1.82, 2.24) is 9.96 Å². The van der Waals surface area contributed by atoms with Gasteiger partial charge in [0.2, 0.25) is 0 Å². The normalized spacial score (nSPS) is 21.2. The van der Waals surface area contributed by atoms with Crippen LogP contribution in [0, 0.1) is 0 Å². The maximum absolute atomic E-state index is 11.9. The number of carbonyl (C=O) groups is 1. The molecule has 2 fully saturated rings. The van der Waals surface area contributed by atoms with Gasteiger partial charge in [0.25, 0.3) is 0 Å². The van der Waals surface area contributed by atoms with Crippen molar-refractivity contribution in [3.05, 3.63) is 35.9 Å². The number of piperidine rings is 1. The molecule has 19 heavy (non-hydrogen) atoms. The number of hydrogen-bond donors (Lipinski definition) is 1. The zero-order valence-corrected chi connectivity index (χ0v) is 11.3. The summed E-state index contributed by atoms with van der Waals surface area (Å²) in [5, 5.41) is 1.57. The first-order valence-electron chi connectivity index (χ1n) is 6.67. The third kappa shape index (κ3) is 3.05. The van der Waals surface area contributed by atoms with Crippen LogP contribution in [-0.4, -0.2) is 42.2 Å². The molecule has 2 amide bonds. The maximum atomic E-state index is 11.9. The Balaban J connectivity index is 0.000000637. The average molecular weight is 263 g/mol. The first-order valence-corrected chi connectivity index (χ1v) is 6.67. The average Bonchev–Trinajstić information content (AvgIpc) is 2.70. The van der Waals surface area contributed by atoms with E-state index in [9.17, 15) is 4.79 Å². The van der Waals surface area contributed by atoms with Gasteiger partial charge in [-0.25, -0.2) is 4.79 Å². The molecule has 2 aliphatic heterocycles. The van der Waals surface area contributed by atoms with Crippen molar-refractivity contribution in [2.24, 2.45) is 5.73 Å². The van der Waals surface area contributed by atoms with Crippen LogP contribution in [0.15, 0.2) is 30.3 Å². The number of benzene rings is 1. The summed E-state index contributed by atoms with van der Waals surface area (Å²) in [7, 11) is 1.50. The summed E-state index contributed by atoms with van der Waals surface area (Å²) in [6, 6.07) is 10.2. The van der Waals surface area contributed by atoms with Gasteiger partial charge in [-0.3, -0.25) is 4.84 Å². The molecule has 5 nitrogen and oxygen atoms in total. The monoisotopic (exact) mass is 263 g/mol. The fourth-order valence-corrected chi connectivity index (χ4v) is 2.49. The SMILES string of the molecule is CN.O=C1N2CCC[C@H](C2)N1OCc1ccccc1. The van der Waals surface area contributed by atoms with Crippen LogP contribution in [0.2, 0.25) is 0 Å². The topological polar surface area (TPSA) is 58.8 Å². The van der Waals surface area contributed by atoms with E-state index in [2.05, 4.69) is 5.73 Å². The molecule has 0 spiro atoms. The highest BCUT2D eigenvalue weighted by atomic mass is 16.7. The number of urea groups is 1. The highest BCUT2D eigenvalue weighted by Gasteiger charge is 2.40. The van der Waals surface area contributed by atoms with E-state index in [1.165, 1.54) is 7.05 Å². The van der Waals surface area contributed by atoms with Crippen LogP contribution in [-0.2, 0) is 11.4 Å². The smallest absolute Gasteiger partial charge is 0.333 e. The van der Waals surface area contributed by atoms with Gasteiger partial charge in [0.15, 0.2) is 0 Å². The van der Waals surface area contributed by atoms with Gasteiger partial charge in [0.05, 0.1) is 6.04 Å². The van der Waals surface area contributed by atoms with Gasteiger partial charge in [0.1, 0.15) is 6.61 Å². The van der Waals surface area contributed by atoms with Crippen LogP contribution in [0.4, 0.5) is 4.79 Å². The number of fused-ring (bicyclic) bond motifs is 2. The summed E-state index contributed by atoms with van der Waals surface area (Å²) in [6.45, 7) is 2.17. The Kier molecular flexibility index (Phi) is 4.76. The van der Waals surface area contributed by atoms with Gasteiger partial charge in [-0.15, -0.1) is 0 Å². The molecule has 1 aromatic rings. The molecule has 0 saturated carbocycles. The van der Waals surface area contributed by atoms with Gasteiger partial charge in [-0.1, -0.05) is 30.3 Å². The molecular weight excluding hydrogens is 242 g/mol. The first-order chi connectivity index (χ1) is 9.34. The molecular formula is C14H21N3O2. The van der Waals surface area contributed by atoms with Crippen LogP contribution in [0.1, 0.15) is 18.4 Å². The third-order valence-electron chi connectivity index (χ3n) is 3.40. The van der Waals surface area contributed by atoms with E-state index >= 15 is 0 Å². The molecule has 2 saturated heterocycles. The lowest BCUT2D eigenvalue weighted by Gasteiger charge is -2.22. The maximum Gasteiger partial charge on any atom is 0.344 e. The zero-order chi connectivity index (χ0) is 13.7. The number of amides is 2. The van der Waals surface area contributed by atoms with E-state index in [-0.39, 0.29) is 12.1 Å². The molecule has 5 heteroatoms. The van der Waals surface area contributed by atoms with Crippen LogP contribution >= 0.6 is 0 Å². The lowest BCUT2D eigenvalue weighted by Crippen LogP contribution is -2.33. The van der Waals surface area contributed by atoms with E-state index in [1.54, 1.807) is 5.06 Å². The van der Waals surface area contributed by atoms with Crippen molar-refractivity contribution in [3.63, 3.8) is 0 Å². The van der Waals surface area contributed by atoms with E-state index in [1.807, 2.05) is 35.2 Å². The quantitative estimate of drug-likeness (QED) is 0.901. The van der Waals surface area contributed by atoms with E-state index in [0.29, 0.717) is 6.61 Å². The fourth-order valence-electron chi connectivity index (χ4n) is 2.49. The summed E-state index contributed by atoms with van der Waals surface area (Å²) in [5.74, 6) is 0. The Hall–Kier alpha value is -1.59. The Morgan fingerprint density at radius 3 is 2.74 bits per heavy atom. The van der Waals surface area contributed by atoms with Crippen molar-refractivity contribution >= 4 is 6.03 Å². The molecule has 0 radical (unpaired) electrons.